The largest absolute Gasteiger partial charge is 0.343 e. The normalized spacial score (nSPS) is 20.3. The number of rotatable bonds is 4. The summed E-state index contributed by atoms with van der Waals surface area (Å²) in [7, 11) is 2.00. The van der Waals surface area contributed by atoms with E-state index < -0.39 is 0 Å². The van der Waals surface area contributed by atoms with E-state index in [-0.39, 0.29) is 0 Å². The van der Waals surface area contributed by atoms with Crippen LogP contribution in [-0.2, 0) is 4.79 Å². The molecular formula is C12H24N2O. The monoisotopic (exact) mass is 212 g/mol. The van der Waals surface area contributed by atoms with E-state index in [9.17, 15) is 4.79 Å². The molecule has 0 bridgehead atoms. The second kappa shape index (κ2) is 6.11. The molecule has 3 nitrogen and oxygen atoms in total. The molecule has 1 N–H and O–H groups in total. The molecule has 0 aliphatic carbocycles. The average molecular weight is 212 g/mol. The van der Waals surface area contributed by atoms with E-state index in [0.29, 0.717) is 17.9 Å². The third-order valence-corrected chi connectivity index (χ3v) is 3.48. The average Bonchev–Trinajstić information content (AvgIpc) is 2.29. The molecule has 1 fully saturated rings. The first-order valence-electron chi connectivity index (χ1n) is 6.12. The summed E-state index contributed by atoms with van der Waals surface area (Å²) in [5.74, 6) is 0.874. The number of likely N-dealkylation sites (tertiary alicyclic amines) is 1. The summed E-state index contributed by atoms with van der Waals surface area (Å²) >= 11 is 0. The van der Waals surface area contributed by atoms with Crippen molar-refractivity contribution in [2.75, 3.05) is 20.1 Å². The Labute approximate surface area is 93.2 Å². The van der Waals surface area contributed by atoms with Crippen molar-refractivity contribution in [3.05, 3.63) is 0 Å². The first kappa shape index (κ1) is 12.5. The number of carbonyl (C=O) groups excluding carboxylic acids is 1. The lowest BCUT2D eigenvalue weighted by Gasteiger charge is -2.32. The zero-order chi connectivity index (χ0) is 11.3. The van der Waals surface area contributed by atoms with Crippen LogP contribution >= 0.6 is 0 Å². The van der Waals surface area contributed by atoms with Crippen LogP contribution in [0.2, 0.25) is 0 Å². The van der Waals surface area contributed by atoms with Crippen LogP contribution in [-0.4, -0.2) is 37.0 Å². The van der Waals surface area contributed by atoms with E-state index in [1.165, 1.54) is 0 Å². The highest BCUT2D eigenvalue weighted by Crippen LogP contribution is 2.14. The zero-order valence-electron chi connectivity index (χ0n) is 10.3. The van der Waals surface area contributed by atoms with Gasteiger partial charge in [-0.3, -0.25) is 4.79 Å². The molecule has 0 spiro atoms. The molecule has 3 heteroatoms. The smallest absolute Gasteiger partial charge is 0.222 e. The predicted octanol–water partition coefficient (Wildman–Crippen LogP) is 1.63. The Morgan fingerprint density at radius 2 is 2.07 bits per heavy atom. The molecule has 0 aromatic heterocycles. The molecule has 88 valence electrons. The minimum absolute atomic E-state index is 0.346. The number of hydrogen-bond donors (Lipinski definition) is 1. The van der Waals surface area contributed by atoms with Gasteiger partial charge in [0.2, 0.25) is 5.91 Å². The van der Waals surface area contributed by atoms with Crippen molar-refractivity contribution in [1.29, 1.82) is 0 Å². The van der Waals surface area contributed by atoms with Gasteiger partial charge in [-0.15, -0.1) is 0 Å². The van der Waals surface area contributed by atoms with Gasteiger partial charge < -0.3 is 10.2 Å². The molecule has 1 saturated heterocycles. The Morgan fingerprint density at radius 1 is 1.47 bits per heavy atom. The van der Waals surface area contributed by atoms with Crippen LogP contribution in [0.3, 0.4) is 0 Å². The Hall–Kier alpha value is -0.570. The summed E-state index contributed by atoms with van der Waals surface area (Å²) in [6.45, 7) is 6.16. The number of piperidine rings is 1. The van der Waals surface area contributed by atoms with Crippen molar-refractivity contribution < 1.29 is 4.79 Å². The van der Waals surface area contributed by atoms with Crippen molar-refractivity contribution in [3.63, 3.8) is 0 Å². The molecule has 1 aliphatic heterocycles. The molecule has 1 rings (SSSR count). The van der Waals surface area contributed by atoms with Gasteiger partial charge in [0.05, 0.1) is 0 Å². The maximum absolute atomic E-state index is 11.9. The molecule has 1 atom stereocenters. The van der Waals surface area contributed by atoms with Crippen LogP contribution in [0.4, 0.5) is 0 Å². The first-order valence-corrected chi connectivity index (χ1v) is 6.12. The van der Waals surface area contributed by atoms with Crippen molar-refractivity contribution in [2.45, 2.75) is 45.6 Å². The third-order valence-electron chi connectivity index (χ3n) is 3.48. The summed E-state index contributed by atoms with van der Waals surface area (Å²) in [5, 5.41) is 3.28. The van der Waals surface area contributed by atoms with Crippen LogP contribution in [0.15, 0.2) is 0 Å². The minimum Gasteiger partial charge on any atom is -0.343 e. The Balaban J connectivity index is 2.30. The fourth-order valence-corrected chi connectivity index (χ4v) is 1.99. The highest BCUT2D eigenvalue weighted by Gasteiger charge is 2.22. The summed E-state index contributed by atoms with van der Waals surface area (Å²) in [6.07, 6.45) is 4.02. The van der Waals surface area contributed by atoms with E-state index in [2.05, 4.69) is 19.2 Å². The van der Waals surface area contributed by atoms with Gasteiger partial charge in [0.25, 0.3) is 0 Å². The van der Waals surface area contributed by atoms with Crippen molar-refractivity contribution >= 4 is 5.91 Å². The molecule has 1 unspecified atom stereocenters. The lowest BCUT2D eigenvalue weighted by molar-refractivity contribution is -0.133. The molecule has 0 aromatic rings. The summed E-state index contributed by atoms with van der Waals surface area (Å²) in [5.41, 5.74) is 0. The molecule has 0 radical (unpaired) electrons. The Bertz CT molecular complexity index is 198. The van der Waals surface area contributed by atoms with Crippen molar-refractivity contribution in [3.8, 4) is 0 Å². The number of carbonyl (C=O) groups is 1. The van der Waals surface area contributed by atoms with E-state index in [4.69, 9.17) is 0 Å². The summed E-state index contributed by atoms with van der Waals surface area (Å²) in [6, 6.07) is 0.609. The van der Waals surface area contributed by atoms with Gasteiger partial charge in [0, 0.05) is 25.6 Å². The maximum atomic E-state index is 11.9. The van der Waals surface area contributed by atoms with Crippen LogP contribution in [0, 0.1) is 5.92 Å². The zero-order valence-corrected chi connectivity index (χ0v) is 10.3. The minimum atomic E-state index is 0.346. The van der Waals surface area contributed by atoms with Gasteiger partial charge in [-0.25, -0.2) is 0 Å². The van der Waals surface area contributed by atoms with E-state index in [1.54, 1.807) is 0 Å². The van der Waals surface area contributed by atoms with Crippen LogP contribution in [0.1, 0.15) is 39.5 Å². The number of hydrogen-bond acceptors (Lipinski definition) is 2. The second-order valence-corrected chi connectivity index (χ2v) is 4.66. The van der Waals surface area contributed by atoms with Crippen LogP contribution in [0.5, 0.6) is 0 Å². The van der Waals surface area contributed by atoms with Gasteiger partial charge in [-0.1, -0.05) is 20.3 Å². The SMILES string of the molecule is CCC(C)CC(=O)N1CCC(NC)CC1. The molecular weight excluding hydrogens is 188 g/mol. The third kappa shape index (κ3) is 3.82. The standard InChI is InChI=1S/C12H24N2O/c1-4-10(2)9-12(15)14-7-5-11(13-3)6-8-14/h10-11,13H,4-9H2,1-3H3. The highest BCUT2D eigenvalue weighted by molar-refractivity contribution is 5.76. The molecule has 1 amide bonds. The Kier molecular flexibility index (Phi) is 5.09. The van der Waals surface area contributed by atoms with Gasteiger partial charge in [0.1, 0.15) is 0 Å². The fraction of sp³-hybridized carbons (Fsp3) is 0.917. The molecule has 1 aliphatic rings. The number of nitrogens with zero attached hydrogens (tertiary/aromatic N) is 1. The molecule has 1 heterocycles. The van der Waals surface area contributed by atoms with Gasteiger partial charge >= 0.3 is 0 Å². The topological polar surface area (TPSA) is 32.3 Å². The van der Waals surface area contributed by atoms with Gasteiger partial charge in [-0.05, 0) is 25.8 Å². The highest BCUT2D eigenvalue weighted by atomic mass is 16.2. The van der Waals surface area contributed by atoms with E-state index in [0.717, 1.165) is 38.8 Å². The predicted molar refractivity (Wildman–Crippen MR) is 62.7 cm³/mol. The van der Waals surface area contributed by atoms with Gasteiger partial charge in [0.15, 0.2) is 0 Å². The van der Waals surface area contributed by atoms with Gasteiger partial charge in [-0.2, -0.15) is 0 Å². The maximum Gasteiger partial charge on any atom is 0.222 e. The molecule has 0 saturated carbocycles. The van der Waals surface area contributed by atoms with Crippen LogP contribution < -0.4 is 5.32 Å². The number of nitrogens with one attached hydrogen (secondary N) is 1. The van der Waals surface area contributed by atoms with Crippen LogP contribution in [0.25, 0.3) is 0 Å². The fourth-order valence-electron chi connectivity index (χ4n) is 1.99. The molecule has 15 heavy (non-hydrogen) atoms. The summed E-state index contributed by atoms with van der Waals surface area (Å²) < 4.78 is 0. The molecule has 0 aromatic carbocycles. The van der Waals surface area contributed by atoms with E-state index in [1.807, 2.05) is 11.9 Å². The van der Waals surface area contributed by atoms with Crippen molar-refractivity contribution in [1.82, 2.24) is 10.2 Å². The lowest BCUT2D eigenvalue weighted by atomic mass is 10.0. The lowest BCUT2D eigenvalue weighted by Crippen LogP contribution is -2.44. The summed E-state index contributed by atoms with van der Waals surface area (Å²) in [4.78, 5) is 13.9. The first-order chi connectivity index (χ1) is 7.17. The Morgan fingerprint density at radius 3 is 2.53 bits per heavy atom. The van der Waals surface area contributed by atoms with E-state index >= 15 is 0 Å². The van der Waals surface area contributed by atoms with Crippen molar-refractivity contribution in [2.24, 2.45) is 5.92 Å². The number of amides is 1. The quantitative estimate of drug-likeness (QED) is 0.768. The second-order valence-electron chi connectivity index (χ2n) is 4.66.